The lowest BCUT2D eigenvalue weighted by atomic mass is 10.0. The van der Waals surface area contributed by atoms with Gasteiger partial charge >= 0.3 is 6.03 Å². The van der Waals surface area contributed by atoms with E-state index in [2.05, 4.69) is 36.5 Å². The molecule has 2 aromatic rings. The fraction of sp³-hybridized carbons (Fsp3) is 0.278. The first kappa shape index (κ1) is 19.5. The van der Waals surface area contributed by atoms with E-state index in [1.165, 1.54) is 0 Å². The van der Waals surface area contributed by atoms with E-state index < -0.39 is 11.9 Å². The minimum absolute atomic E-state index is 0.0162. The number of carbonyl (C=O) groups is 2. The Labute approximate surface area is 160 Å². The number of hydrogen-bond donors (Lipinski definition) is 2. The summed E-state index contributed by atoms with van der Waals surface area (Å²) in [5, 5.41) is 14.6. The Kier molecular flexibility index (Phi) is 6.81. The van der Waals surface area contributed by atoms with Gasteiger partial charge in [0.25, 0.3) is 0 Å². The maximum absolute atomic E-state index is 12.3. The molecule has 2 N–H and O–H groups in total. The summed E-state index contributed by atoms with van der Waals surface area (Å²) in [4.78, 5) is 32.5. The van der Waals surface area contributed by atoms with E-state index in [0.717, 1.165) is 4.47 Å². The van der Waals surface area contributed by atoms with Gasteiger partial charge in [0.15, 0.2) is 17.5 Å². The number of urea groups is 1. The zero-order valence-corrected chi connectivity index (χ0v) is 16.0. The summed E-state index contributed by atoms with van der Waals surface area (Å²) >= 11 is 3.32. The average Bonchev–Trinajstić information content (AvgIpc) is 2.57. The predicted molar refractivity (Wildman–Crippen MR) is 101 cm³/mol. The molecule has 1 aromatic carbocycles. The van der Waals surface area contributed by atoms with E-state index in [4.69, 9.17) is 0 Å². The number of ketones is 1. The highest BCUT2D eigenvalue weighted by atomic mass is 79.9. The summed E-state index contributed by atoms with van der Waals surface area (Å²) in [6.07, 6.45) is 0.0162. The Balaban J connectivity index is 1.87. The molecule has 1 atom stereocenters. The van der Waals surface area contributed by atoms with E-state index in [0.29, 0.717) is 17.1 Å². The Morgan fingerprint density at radius 1 is 1.19 bits per heavy atom. The number of Topliss-reactive ketones (excluding diaryl/α,β-unsaturated/α-hetero) is 1. The van der Waals surface area contributed by atoms with E-state index in [1.54, 1.807) is 44.2 Å². The Morgan fingerprint density at radius 3 is 2.38 bits per heavy atom. The maximum Gasteiger partial charge on any atom is 0.319 e. The molecule has 0 aliphatic rings. The number of aryl methyl sites for hydroxylation is 2. The van der Waals surface area contributed by atoms with E-state index >= 15 is 0 Å². The molecule has 0 saturated carbocycles. The molecule has 0 aliphatic carbocycles. The number of nitrogens with one attached hydrogen (secondary N) is 2. The minimum atomic E-state index is -1.04. The summed E-state index contributed by atoms with van der Waals surface area (Å²) in [6.45, 7) is 3.68. The van der Waals surface area contributed by atoms with Gasteiger partial charge in [-0.1, -0.05) is 15.9 Å². The molecular weight excluding hydrogens is 398 g/mol. The van der Waals surface area contributed by atoms with E-state index in [-0.39, 0.29) is 24.6 Å². The molecule has 2 amide bonds. The van der Waals surface area contributed by atoms with Crippen molar-refractivity contribution >= 4 is 33.4 Å². The minimum Gasteiger partial charge on any atom is -0.337 e. The summed E-state index contributed by atoms with van der Waals surface area (Å²) < 4.78 is 0.908. The molecule has 0 aliphatic heterocycles. The van der Waals surface area contributed by atoms with Crippen LogP contribution in [0.5, 0.6) is 0 Å². The van der Waals surface area contributed by atoms with Crippen molar-refractivity contribution in [2.45, 2.75) is 26.2 Å². The highest BCUT2D eigenvalue weighted by Crippen LogP contribution is 2.15. The molecule has 7 nitrogen and oxygen atoms in total. The molecule has 0 spiro atoms. The third-order valence-electron chi connectivity index (χ3n) is 3.47. The molecule has 1 heterocycles. The summed E-state index contributed by atoms with van der Waals surface area (Å²) in [6, 6.07) is 10.4. The standard InChI is InChI=1S/C18H18BrN5O2/c1-11-9-12(2)23-17(22-11)15(10-20)16(25)7-8-21-18(26)24-14-5-3-13(19)4-6-14/h3-6,9,15H,7-8H2,1-2H3,(H2,21,24,26). The molecule has 0 fully saturated rings. The lowest BCUT2D eigenvalue weighted by Crippen LogP contribution is -2.31. The summed E-state index contributed by atoms with van der Waals surface area (Å²) in [7, 11) is 0. The van der Waals surface area contributed by atoms with Crippen molar-refractivity contribution in [3.05, 3.63) is 52.0 Å². The van der Waals surface area contributed by atoms with Crippen LogP contribution in [-0.2, 0) is 4.79 Å². The Hall–Kier alpha value is -2.79. The number of nitriles is 1. The predicted octanol–water partition coefficient (Wildman–Crippen LogP) is 3.24. The van der Waals surface area contributed by atoms with Crippen LogP contribution in [0.25, 0.3) is 0 Å². The number of anilines is 1. The van der Waals surface area contributed by atoms with E-state index in [9.17, 15) is 14.9 Å². The SMILES string of the molecule is Cc1cc(C)nc(C(C#N)C(=O)CCNC(=O)Nc2ccc(Br)cc2)n1. The van der Waals surface area contributed by atoms with Crippen LogP contribution in [0.4, 0.5) is 10.5 Å². The largest absolute Gasteiger partial charge is 0.337 e. The maximum atomic E-state index is 12.3. The molecule has 0 radical (unpaired) electrons. The molecule has 2 rings (SSSR count). The third kappa shape index (κ3) is 5.63. The fourth-order valence-corrected chi connectivity index (χ4v) is 2.57. The van der Waals surface area contributed by atoms with Crippen LogP contribution in [0.15, 0.2) is 34.8 Å². The van der Waals surface area contributed by atoms with E-state index in [1.807, 2.05) is 6.07 Å². The molecule has 1 unspecified atom stereocenters. The number of carbonyl (C=O) groups excluding carboxylic acids is 2. The normalized spacial score (nSPS) is 11.3. The smallest absolute Gasteiger partial charge is 0.319 e. The second kappa shape index (κ2) is 9.06. The second-order valence-electron chi connectivity index (χ2n) is 5.68. The van der Waals surface area contributed by atoms with Crippen molar-refractivity contribution < 1.29 is 9.59 Å². The van der Waals surface area contributed by atoms with Crippen LogP contribution in [0, 0.1) is 25.2 Å². The van der Waals surface area contributed by atoms with Gasteiger partial charge in [-0.05, 0) is 44.2 Å². The number of amides is 2. The second-order valence-corrected chi connectivity index (χ2v) is 6.59. The van der Waals surface area contributed by atoms with Crippen molar-refractivity contribution in [1.82, 2.24) is 15.3 Å². The van der Waals surface area contributed by atoms with Crippen LogP contribution in [0.3, 0.4) is 0 Å². The molecule has 1 aromatic heterocycles. The summed E-state index contributed by atoms with van der Waals surface area (Å²) in [5.74, 6) is -1.17. The number of nitrogens with zero attached hydrogens (tertiary/aromatic N) is 3. The quantitative estimate of drug-likeness (QED) is 0.752. The first-order valence-electron chi connectivity index (χ1n) is 7.94. The lowest BCUT2D eigenvalue weighted by Gasteiger charge is -2.10. The van der Waals surface area contributed by atoms with Gasteiger partial charge < -0.3 is 10.6 Å². The zero-order valence-electron chi connectivity index (χ0n) is 14.4. The molecule has 0 saturated heterocycles. The van der Waals surface area contributed by atoms with Crippen molar-refractivity contribution in [3.63, 3.8) is 0 Å². The number of hydrogen-bond acceptors (Lipinski definition) is 5. The summed E-state index contributed by atoms with van der Waals surface area (Å²) in [5.41, 5.74) is 2.04. The van der Waals surface area contributed by atoms with Gasteiger partial charge in [0.05, 0.1) is 6.07 Å². The lowest BCUT2D eigenvalue weighted by molar-refractivity contribution is -0.119. The van der Waals surface area contributed by atoms with Crippen LogP contribution in [0.2, 0.25) is 0 Å². The van der Waals surface area contributed by atoms with Crippen LogP contribution in [-0.4, -0.2) is 28.3 Å². The fourth-order valence-electron chi connectivity index (χ4n) is 2.31. The Bertz CT molecular complexity index is 825. The molecule has 26 heavy (non-hydrogen) atoms. The van der Waals surface area contributed by atoms with Crippen LogP contribution in [0.1, 0.15) is 29.6 Å². The van der Waals surface area contributed by atoms with Crippen molar-refractivity contribution in [1.29, 1.82) is 5.26 Å². The molecular formula is C18H18BrN5O2. The number of benzene rings is 1. The van der Waals surface area contributed by atoms with Crippen LogP contribution < -0.4 is 10.6 Å². The van der Waals surface area contributed by atoms with Crippen molar-refractivity contribution in [3.8, 4) is 6.07 Å². The van der Waals surface area contributed by atoms with Gasteiger partial charge in [0.2, 0.25) is 0 Å². The van der Waals surface area contributed by atoms with Gasteiger partial charge in [-0.3, -0.25) is 4.79 Å². The first-order chi connectivity index (χ1) is 12.4. The molecule has 8 heteroatoms. The monoisotopic (exact) mass is 415 g/mol. The topological polar surface area (TPSA) is 108 Å². The van der Waals surface area contributed by atoms with Gasteiger partial charge in [0, 0.05) is 34.5 Å². The number of rotatable bonds is 6. The zero-order chi connectivity index (χ0) is 19.1. The number of aromatic nitrogens is 2. The first-order valence-corrected chi connectivity index (χ1v) is 8.73. The van der Waals surface area contributed by atoms with Gasteiger partial charge in [0.1, 0.15) is 0 Å². The molecule has 134 valence electrons. The van der Waals surface area contributed by atoms with Crippen LogP contribution >= 0.6 is 15.9 Å². The van der Waals surface area contributed by atoms with Crippen molar-refractivity contribution in [2.75, 3.05) is 11.9 Å². The van der Waals surface area contributed by atoms with Crippen molar-refractivity contribution in [2.24, 2.45) is 0 Å². The Morgan fingerprint density at radius 2 is 1.81 bits per heavy atom. The number of halogens is 1. The van der Waals surface area contributed by atoms with Gasteiger partial charge in [-0.2, -0.15) is 5.26 Å². The average molecular weight is 416 g/mol. The molecule has 0 bridgehead atoms. The highest BCUT2D eigenvalue weighted by Gasteiger charge is 2.23. The van der Waals surface area contributed by atoms with Gasteiger partial charge in [-0.15, -0.1) is 0 Å². The highest BCUT2D eigenvalue weighted by molar-refractivity contribution is 9.10. The third-order valence-corrected chi connectivity index (χ3v) is 4.00. The van der Waals surface area contributed by atoms with Gasteiger partial charge in [-0.25, -0.2) is 14.8 Å².